The van der Waals surface area contributed by atoms with Crippen molar-refractivity contribution in [2.24, 2.45) is 0 Å². The van der Waals surface area contributed by atoms with Crippen molar-refractivity contribution in [2.45, 2.75) is 12.5 Å². The van der Waals surface area contributed by atoms with Crippen LogP contribution < -0.4 is 4.74 Å². The fourth-order valence-corrected chi connectivity index (χ4v) is 2.05. The van der Waals surface area contributed by atoms with Crippen LogP contribution in [0.5, 0.6) is 5.75 Å². The highest BCUT2D eigenvalue weighted by atomic mass is 19.4. The van der Waals surface area contributed by atoms with Gasteiger partial charge >= 0.3 is 18.5 Å². The molecule has 2 aromatic carbocycles. The number of hydrogen-bond donors (Lipinski definition) is 1. The number of aromatic carboxylic acids is 1. The minimum absolute atomic E-state index is 0.359. The Kier molecular flexibility index (Phi) is 4.46. The van der Waals surface area contributed by atoms with E-state index in [1.807, 2.05) is 0 Å². The second-order valence-corrected chi connectivity index (χ2v) is 4.64. The molecule has 9 heteroatoms. The molecule has 0 amide bonds. The maximum Gasteiger partial charge on any atom is 0.573 e. The third-order valence-electron chi connectivity index (χ3n) is 2.93. The van der Waals surface area contributed by atoms with Crippen LogP contribution in [-0.2, 0) is 6.18 Å². The van der Waals surface area contributed by atoms with Crippen molar-refractivity contribution in [3.63, 3.8) is 0 Å². The number of ether oxygens (including phenoxy) is 1. The normalized spacial score (nSPS) is 12.1. The van der Waals surface area contributed by atoms with Gasteiger partial charge in [-0.15, -0.1) is 13.2 Å². The molecule has 0 radical (unpaired) electrons. The number of halogens is 6. The highest BCUT2D eigenvalue weighted by Gasteiger charge is 2.34. The van der Waals surface area contributed by atoms with Gasteiger partial charge in [0.15, 0.2) is 0 Å². The third kappa shape index (κ3) is 4.18. The van der Waals surface area contributed by atoms with E-state index in [2.05, 4.69) is 4.74 Å². The smallest absolute Gasteiger partial charge is 0.478 e. The van der Waals surface area contributed by atoms with E-state index in [1.54, 1.807) is 0 Å². The zero-order chi connectivity index (χ0) is 18.1. The molecule has 0 unspecified atom stereocenters. The van der Waals surface area contributed by atoms with Gasteiger partial charge in [-0.1, -0.05) is 18.2 Å². The lowest BCUT2D eigenvalue weighted by molar-refractivity contribution is -0.274. The van der Waals surface area contributed by atoms with Crippen molar-refractivity contribution >= 4 is 5.97 Å². The van der Waals surface area contributed by atoms with Crippen LogP contribution in [0.3, 0.4) is 0 Å². The van der Waals surface area contributed by atoms with Gasteiger partial charge in [0.05, 0.1) is 11.1 Å². The molecule has 2 aromatic rings. The molecule has 0 aliphatic carbocycles. The van der Waals surface area contributed by atoms with Crippen molar-refractivity contribution in [2.75, 3.05) is 0 Å². The molecule has 0 spiro atoms. The van der Waals surface area contributed by atoms with Crippen LogP contribution in [-0.4, -0.2) is 17.4 Å². The summed E-state index contributed by atoms with van der Waals surface area (Å²) in [4.78, 5) is 11.0. The standard InChI is InChI=1S/C15H8F6O3/c16-14(17,18)12-4-2-1-3-11(12)8-5-9(13(22)23)7-10(6-8)24-15(19,20)21/h1-7H,(H,22,23). The minimum atomic E-state index is -5.11. The first-order valence-corrected chi connectivity index (χ1v) is 6.28. The number of carbonyl (C=O) groups is 1. The van der Waals surface area contributed by atoms with E-state index in [9.17, 15) is 31.1 Å². The molecular weight excluding hydrogens is 342 g/mol. The second-order valence-electron chi connectivity index (χ2n) is 4.64. The maximum atomic E-state index is 13.0. The first kappa shape index (κ1) is 17.6. The Morgan fingerprint density at radius 2 is 1.58 bits per heavy atom. The van der Waals surface area contributed by atoms with Crippen LogP contribution in [0.25, 0.3) is 11.1 Å². The summed E-state index contributed by atoms with van der Waals surface area (Å²) in [5.41, 5.74) is -2.56. The zero-order valence-electron chi connectivity index (χ0n) is 11.6. The molecule has 0 saturated heterocycles. The van der Waals surface area contributed by atoms with Crippen LogP contribution in [0, 0.1) is 0 Å². The van der Waals surface area contributed by atoms with E-state index in [0.29, 0.717) is 12.1 Å². The molecule has 0 bridgehead atoms. The van der Waals surface area contributed by atoms with Crippen molar-refractivity contribution in [3.8, 4) is 16.9 Å². The molecule has 3 nitrogen and oxygen atoms in total. The average Bonchev–Trinajstić information content (AvgIpc) is 2.44. The van der Waals surface area contributed by atoms with E-state index >= 15 is 0 Å². The summed E-state index contributed by atoms with van der Waals surface area (Å²) in [5.74, 6) is -2.53. The molecule has 0 aliphatic heterocycles. The van der Waals surface area contributed by atoms with Gasteiger partial charge in [-0.2, -0.15) is 13.2 Å². The van der Waals surface area contributed by atoms with Gasteiger partial charge in [0.25, 0.3) is 0 Å². The summed E-state index contributed by atoms with van der Waals surface area (Å²) in [6.45, 7) is 0. The van der Waals surface area contributed by atoms with E-state index < -0.39 is 40.9 Å². The summed E-state index contributed by atoms with van der Waals surface area (Å²) in [6.07, 6.45) is -9.88. The fourth-order valence-electron chi connectivity index (χ4n) is 2.05. The van der Waals surface area contributed by atoms with Gasteiger partial charge < -0.3 is 9.84 Å². The quantitative estimate of drug-likeness (QED) is 0.795. The van der Waals surface area contributed by atoms with Crippen LogP contribution >= 0.6 is 0 Å². The Labute approximate surface area is 131 Å². The Balaban J connectivity index is 2.65. The van der Waals surface area contributed by atoms with Crippen molar-refractivity contribution < 1.29 is 41.0 Å². The Bertz CT molecular complexity index is 765. The van der Waals surface area contributed by atoms with Crippen LogP contribution in [0.2, 0.25) is 0 Å². The molecule has 24 heavy (non-hydrogen) atoms. The highest BCUT2D eigenvalue weighted by molar-refractivity contribution is 5.90. The third-order valence-corrected chi connectivity index (χ3v) is 2.93. The number of hydrogen-bond acceptors (Lipinski definition) is 2. The van der Waals surface area contributed by atoms with E-state index in [0.717, 1.165) is 24.3 Å². The van der Waals surface area contributed by atoms with Crippen molar-refractivity contribution in [1.82, 2.24) is 0 Å². The number of alkyl halides is 6. The number of benzene rings is 2. The van der Waals surface area contributed by atoms with Gasteiger partial charge in [0.1, 0.15) is 5.75 Å². The fraction of sp³-hybridized carbons (Fsp3) is 0.133. The number of rotatable bonds is 3. The summed E-state index contributed by atoms with van der Waals surface area (Å²) in [6, 6.07) is 6.26. The maximum absolute atomic E-state index is 13.0. The highest BCUT2D eigenvalue weighted by Crippen LogP contribution is 2.38. The van der Waals surface area contributed by atoms with Crippen LogP contribution in [0.1, 0.15) is 15.9 Å². The van der Waals surface area contributed by atoms with Gasteiger partial charge in [-0.25, -0.2) is 4.79 Å². The van der Waals surface area contributed by atoms with Gasteiger partial charge in [0.2, 0.25) is 0 Å². The first-order chi connectivity index (χ1) is 11.0. The molecule has 0 heterocycles. The minimum Gasteiger partial charge on any atom is -0.478 e. The Morgan fingerprint density at radius 3 is 2.12 bits per heavy atom. The lowest BCUT2D eigenvalue weighted by atomic mass is 9.97. The zero-order valence-corrected chi connectivity index (χ0v) is 11.6. The van der Waals surface area contributed by atoms with Crippen molar-refractivity contribution in [3.05, 3.63) is 53.6 Å². The molecule has 0 fully saturated rings. The molecular formula is C15H8F6O3. The molecule has 0 aliphatic rings. The molecule has 0 saturated carbocycles. The average molecular weight is 350 g/mol. The van der Waals surface area contributed by atoms with Gasteiger partial charge in [-0.05, 0) is 35.4 Å². The lowest BCUT2D eigenvalue weighted by Crippen LogP contribution is -2.17. The molecule has 1 N–H and O–H groups in total. The number of carboxylic acid groups (broad SMARTS) is 1. The molecule has 2 rings (SSSR count). The van der Waals surface area contributed by atoms with Gasteiger partial charge in [-0.3, -0.25) is 0 Å². The summed E-state index contributed by atoms with van der Waals surface area (Å²) in [5, 5.41) is 8.95. The first-order valence-electron chi connectivity index (χ1n) is 6.28. The summed E-state index contributed by atoms with van der Waals surface area (Å²) in [7, 11) is 0. The summed E-state index contributed by atoms with van der Waals surface area (Å²) >= 11 is 0. The predicted molar refractivity (Wildman–Crippen MR) is 70.5 cm³/mol. The largest absolute Gasteiger partial charge is 0.573 e. The van der Waals surface area contributed by atoms with Gasteiger partial charge in [0, 0.05) is 0 Å². The number of carboxylic acids is 1. The Hall–Kier alpha value is -2.71. The topological polar surface area (TPSA) is 46.5 Å². The molecule has 128 valence electrons. The molecule has 0 aromatic heterocycles. The van der Waals surface area contributed by atoms with E-state index in [1.165, 1.54) is 6.07 Å². The van der Waals surface area contributed by atoms with Crippen molar-refractivity contribution in [1.29, 1.82) is 0 Å². The second kappa shape index (κ2) is 6.06. The van der Waals surface area contributed by atoms with E-state index in [4.69, 9.17) is 5.11 Å². The Morgan fingerprint density at radius 1 is 0.958 bits per heavy atom. The predicted octanol–water partition coefficient (Wildman–Crippen LogP) is 4.97. The van der Waals surface area contributed by atoms with Crippen LogP contribution in [0.15, 0.2) is 42.5 Å². The van der Waals surface area contributed by atoms with E-state index in [-0.39, 0.29) is 5.56 Å². The summed E-state index contributed by atoms with van der Waals surface area (Å²) < 4.78 is 79.7. The SMILES string of the molecule is O=C(O)c1cc(OC(F)(F)F)cc(-c2ccccc2C(F)(F)F)c1. The molecule has 0 atom stereocenters. The lowest BCUT2D eigenvalue weighted by Gasteiger charge is -2.15. The van der Waals surface area contributed by atoms with Crippen LogP contribution in [0.4, 0.5) is 26.3 Å². The monoisotopic (exact) mass is 350 g/mol.